The number of nitrogens with zero attached hydrogens (tertiary/aromatic N) is 2. The fourth-order valence-corrected chi connectivity index (χ4v) is 3.51. The zero-order valence-electron chi connectivity index (χ0n) is 7.91. The molecule has 5 nitrogen and oxygen atoms in total. The normalized spacial score (nSPS) is 10.5. The molecule has 2 rings (SSSR count). The molecule has 2 aromatic heterocycles. The minimum Gasteiger partial charge on any atom is -0.477 e. The minimum atomic E-state index is -0.888. The van der Waals surface area contributed by atoms with Gasteiger partial charge in [0.25, 0.3) is 0 Å². The van der Waals surface area contributed by atoms with E-state index in [-0.39, 0.29) is 0 Å². The molecule has 0 spiro atoms. The van der Waals surface area contributed by atoms with Gasteiger partial charge in [0.15, 0.2) is 4.34 Å². The summed E-state index contributed by atoms with van der Waals surface area (Å²) < 4.78 is 0.794. The Labute approximate surface area is 103 Å². The van der Waals surface area contributed by atoms with E-state index in [9.17, 15) is 4.79 Å². The highest BCUT2D eigenvalue weighted by molar-refractivity contribution is 8.00. The number of hydrogen-bond acceptors (Lipinski definition) is 7. The Hall–Kier alpha value is -1.12. The number of thiophene rings is 1. The van der Waals surface area contributed by atoms with E-state index in [2.05, 4.69) is 10.2 Å². The van der Waals surface area contributed by atoms with Gasteiger partial charge in [0.2, 0.25) is 5.13 Å². The van der Waals surface area contributed by atoms with Gasteiger partial charge in [-0.1, -0.05) is 23.1 Å². The molecule has 2 heterocycles. The molecule has 3 N–H and O–H groups in total. The Morgan fingerprint density at radius 1 is 1.44 bits per heavy atom. The zero-order valence-corrected chi connectivity index (χ0v) is 10.4. The number of carbonyl (C=O) groups is 1. The first-order valence-corrected chi connectivity index (χ1v) is 6.81. The number of carboxylic acid groups (broad SMARTS) is 1. The van der Waals surface area contributed by atoms with E-state index >= 15 is 0 Å². The third kappa shape index (κ3) is 2.71. The molecule has 2 aromatic rings. The molecule has 0 amide bonds. The first-order valence-electron chi connectivity index (χ1n) is 4.19. The molecule has 0 atom stereocenters. The smallest absolute Gasteiger partial charge is 0.345 e. The van der Waals surface area contributed by atoms with Gasteiger partial charge in [0.05, 0.1) is 0 Å². The maximum atomic E-state index is 10.7. The first kappa shape index (κ1) is 11.4. The number of hydrogen-bond donors (Lipinski definition) is 2. The van der Waals surface area contributed by atoms with Gasteiger partial charge >= 0.3 is 5.97 Å². The minimum absolute atomic E-state index is 0.354. The number of carboxylic acids is 1. The molecule has 0 aliphatic heterocycles. The predicted octanol–water partition coefficient (Wildman–Crippen LogP) is 2.17. The van der Waals surface area contributed by atoms with Crippen molar-refractivity contribution in [3.63, 3.8) is 0 Å². The molecule has 0 radical (unpaired) electrons. The number of anilines is 1. The lowest BCUT2D eigenvalue weighted by Crippen LogP contribution is -1.89. The average Bonchev–Trinajstić information content (AvgIpc) is 2.83. The van der Waals surface area contributed by atoms with E-state index in [1.54, 1.807) is 6.07 Å². The van der Waals surface area contributed by atoms with Gasteiger partial charge in [-0.25, -0.2) is 4.79 Å². The van der Waals surface area contributed by atoms with Crippen molar-refractivity contribution in [1.29, 1.82) is 0 Å². The van der Waals surface area contributed by atoms with Crippen molar-refractivity contribution in [3.8, 4) is 0 Å². The van der Waals surface area contributed by atoms with Gasteiger partial charge in [0.1, 0.15) is 4.88 Å². The number of nitrogen functional groups attached to an aromatic ring is 1. The van der Waals surface area contributed by atoms with Crippen molar-refractivity contribution in [3.05, 3.63) is 21.9 Å². The van der Waals surface area contributed by atoms with Crippen molar-refractivity contribution in [1.82, 2.24) is 10.2 Å². The van der Waals surface area contributed by atoms with E-state index in [0.717, 1.165) is 9.22 Å². The molecule has 0 aromatic carbocycles. The predicted molar refractivity (Wildman–Crippen MR) is 65.2 cm³/mol. The second kappa shape index (κ2) is 4.81. The molecule has 0 aliphatic carbocycles. The molecule has 0 unspecified atom stereocenters. The molecule has 0 saturated heterocycles. The fraction of sp³-hybridized carbons (Fsp3) is 0.125. The second-order valence-corrected chi connectivity index (χ2v) is 6.17. The number of aromatic nitrogens is 2. The second-order valence-electron chi connectivity index (χ2n) is 2.77. The summed E-state index contributed by atoms with van der Waals surface area (Å²) in [6.07, 6.45) is 0. The summed E-state index contributed by atoms with van der Waals surface area (Å²) in [7, 11) is 0. The summed E-state index contributed by atoms with van der Waals surface area (Å²) in [5, 5.41) is 16.8. The van der Waals surface area contributed by atoms with Crippen LogP contribution in [0.3, 0.4) is 0 Å². The van der Waals surface area contributed by atoms with E-state index in [1.807, 2.05) is 6.07 Å². The maximum absolute atomic E-state index is 10.7. The monoisotopic (exact) mass is 273 g/mol. The summed E-state index contributed by atoms with van der Waals surface area (Å²) in [6.45, 7) is 0. The van der Waals surface area contributed by atoms with E-state index in [4.69, 9.17) is 10.8 Å². The van der Waals surface area contributed by atoms with Crippen LogP contribution in [0.2, 0.25) is 0 Å². The number of rotatable bonds is 4. The van der Waals surface area contributed by atoms with Crippen LogP contribution >= 0.6 is 34.4 Å². The SMILES string of the molecule is Nc1nnc(SCc2ccc(C(=O)O)s2)s1. The maximum Gasteiger partial charge on any atom is 0.345 e. The van der Waals surface area contributed by atoms with Gasteiger partial charge in [-0.15, -0.1) is 21.5 Å². The molecule has 0 bridgehead atoms. The standard InChI is InChI=1S/C8H7N3O2S3/c9-7-10-11-8(16-7)14-3-4-1-2-5(15-4)6(12)13/h1-2H,3H2,(H2,9,10)(H,12,13). The van der Waals surface area contributed by atoms with Gasteiger partial charge < -0.3 is 10.8 Å². The van der Waals surface area contributed by atoms with Crippen molar-refractivity contribution in [2.75, 3.05) is 5.73 Å². The van der Waals surface area contributed by atoms with Crippen molar-refractivity contribution in [2.24, 2.45) is 0 Å². The molecular weight excluding hydrogens is 266 g/mol. The quantitative estimate of drug-likeness (QED) is 0.830. The summed E-state index contributed by atoms with van der Waals surface area (Å²) in [5.41, 5.74) is 5.45. The van der Waals surface area contributed by atoms with Crippen LogP contribution in [0, 0.1) is 0 Å². The number of thioether (sulfide) groups is 1. The van der Waals surface area contributed by atoms with Crippen LogP contribution in [0.5, 0.6) is 0 Å². The summed E-state index contributed by atoms with van der Waals surface area (Å²) in [6, 6.07) is 3.42. The lowest BCUT2D eigenvalue weighted by atomic mass is 10.4. The van der Waals surface area contributed by atoms with Crippen LogP contribution in [-0.2, 0) is 5.75 Å². The van der Waals surface area contributed by atoms with Crippen LogP contribution < -0.4 is 5.73 Å². The van der Waals surface area contributed by atoms with Gasteiger partial charge in [-0.3, -0.25) is 0 Å². The largest absolute Gasteiger partial charge is 0.477 e. The van der Waals surface area contributed by atoms with Crippen molar-refractivity contribution < 1.29 is 9.90 Å². The Balaban J connectivity index is 1.97. The number of aromatic carboxylic acids is 1. The average molecular weight is 273 g/mol. The third-order valence-corrected chi connectivity index (χ3v) is 4.82. The zero-order chi connectivity index (χ0) is 11.5. The molecule has 0 saturated carbocycles. The van der Waals surface area contributed by atoms with Crippen LogP contribution in [0.25, 0.3) is 0 Å². The van der Waals surface area contributed by atoms with Gasteiger partial charge in [0, 0.05) is 10.6 Å². The Morgan fingerprint density at radius 3 is 2.81 bits per heavy atom. The topological polar surface area (TPSA) is 89.1 Å². The molecule has 0 aliphatic rings. The highest BCUT2D eigenvalue weighted by atomic mass is 32.2. The van der Waals surface area contributed by atoms with Gasteiger partial charge in [-0.05, 0) is 12.1 Å². The Bertz CT molecular complexity index is 508. The molecule has 8 heteroatoms. The highest BCUT2D eigenvalue weighted by Gasteiger charge is 2.08. The van der Waals surface area contributed by atoms with E-state index in [1.165, 1.54) is 34.4 Å². The van der Waals surface area contributed by atoms with E-state index < -0.39 is 5.97 Å². The molecule has 0 fully saturated rings. The summed E-state index contributed by atoms with van der Waals surface area (Å²) in [4.78, 5) is 12.0. The first-order chi connectivity index (χ1) is 7.65. The van der Waals surface area contributed by atoms with Crippen LogP contribution in [-0.4, -0.2) is 21.3 Å². The highest BCUT2D eigenvalue weighted by Crippen LogP contribution is 2.29. The van der Waals surface area contributed by atoms with Crippen molar-refractivity contribution >= 4 is 45.5 Å². The van der Waals surface area contributed by atoms with Crippen molar-refractivity contribution in [2.45, 2.75) is 10.1 Å². The van der Waals surface area contributed by atoms with Crippen LogP contribution in [0.4, 0.5) is 5.13 Å². The summed E-state index contributed by atoms with van der Waals surface area (Å²) in [5.74, 6) is -0.201. The number of nitrogens with two attached hydrogens (primary N) is 1. The summed E-state index contributed by atoms with van der Waals surface area (Å²) >= 11 is 4.10. The van der Waals surface area contributed by atoms with Crippen LogP contribution in [0.1, 0.15) is 14.5 Å². The third-order valence-electron chi connectivity index (χ3n) is 1.63. The Kier molecular flexibility index (Phi) is 3.42. The molecule has 84 valence electrons. The van der Waals surface area contributed by atoms with Crippen LogP contribution in [0.15, 0.2) is 16.5 Å². The molecule has 16 heavy (non-hydrogen) atoms. The Morgan fingerprint density at radius 2 is 2.25 bits per heavy atom. The fourth-order valence-electron chi connectivity index (χ4n) is 0.982. The van der Waals surface area contributed by atoms with E-state index in [0.29, 0.717) is 15.8 Å². The van der Waals surface area contributed by atoms with Gasteiger partial charge in [-0.2, -0.15) is 0 Å². The molecular formula is C8H7N3O2S3. The lowest BCUT2D eigenvalue weighted by molar-refractivity contribution is 0.0702. The lowest BCUT2D eigenvalue weighted by Gasteiger charge is -1.91.